The van der Waals surface area contributed by atoms with Gasteiger partial charge in [-0.25, -0.2) is 0 Å². The van der Waals surface area contributed by atoms with E-state index in [0.717, 1.165) is 51.4 Å². The molecule has 0 bridgehead atoms. The van der Waals surface area contributed by atoms with Crippen molar-refractivity contribution in [2.24, 2.45) is 0 Å². The second-order valence-corrected chi connectivity index (χ2v) is 9.54. The van der Waals surface area contributed by atoms with Gasteiger partial charge in [-0.3, -0.25) is 9.35 Å². The van der Waals surface area contributed by atoms with E-state index >= 15 is 0 Å². The average Bonchev–Trinajstić information content (AvgIpc) is 2.70. The number of allylic oxidation sites excluding steroid dienone is 3. The third-order valence-corrected chi connectivity index (χ3v) is 5.76. The van der Waals surface area contributed by atoms with Gasteiger partial charge in [0.25, 0.3) is 10.1 Å². The molecular weight excluding hydrogens is 418 g/mol. The highest BCUT2D eigenvalue weighted by Gasteiger charge is 2.27. The lowest BCUT2D eigenvalue weighted by Crippen LogP contribution is -2.50. The first-order valence-corrected chi connectivity index (χ1v) is 13.3. The predicted molar refractivity (Wildman–Crippen MR) is 125 cm³/mol. The summed E-state index contributed by atoms with van der Waals surface area (Å²) in [7, 11) is -4.41. The molecule has 0 aliphatic carbocycles. The van der Waals surface area contributed by atoms with E-state index in [0.29, 0.717) is 6.42 Å². The Balaban J connectivity index is 4.45. The maximum Gasteiger partial charge on any atom is 0.267 e. The van der Waals surface area contributed by atoms with E-state index in [1.807, 2.05) is 0 Å². The minimum Gasteiger partial charge on any atom is -0.387 e. The molecule has 0 aromatic rings. The van der Waals surface area contributed by atoms with Crippen LogP contribution in [-0.2, 0) is 14.9 Å². The number of unbranched alkanes of at least 4 members (excludes halogenated alkanes) is 8. The smallest absolute Gasteiger partial charge is 0.267 e. The number of hydrogen-bond acceptors (Lipinski definition) is 5. The fourth-order valence-electron chi connectivity index (χ4n) is 3.08. The molecule has 4 N–H and O–H groups in total. The van der Waals surface area contributed by atoms with Crippen LogP contribution in [0.1, 0.15) is 90.9 Å². The second-order valence-electron chi connectivity index (χ2n) is 8.05. The Morgan fingerprint density at radius 2 is 1.45 bits per heavy atom. The highest BCUT2D eigenvalue weighted by atomic mass is 32.2. The first-order valence-electron chi connectivity index (χ1n) is 11.6. The minimum absolute atomic E-state index is 0.257. The molecule has 0 radical (unpaired) electrons. The van der Waals surface area contributed by atoms with Crippen molar-refractivity contribution in [3.63, 3.8) is 0 Å². The average molecular weight is 462 g/mol. The maximum absolute atomic E-state index is 12.2. The number of aliphatic hydroxyl groups excluding tert-OH is 2. The van der Waals surface area contributed by atoms with Crippen LogP contribution in [0.2, 0.25) is 0 Å². The van der Waals surface area contributed by atoms with Gasteiger partial charge in [0.05, 0.1) is 17.9 Å². The molecule has 31 heavy (non-hydrogen) atoms. The van der Waals surface area contributed by atoms with Crippen LogP contribution in [0.15, 0.2) is 24.3 Å². The summed E-state index contributed by atoms with van der Waals surface area (Å²) < 4.78 is 31.7. The fraction of sp³-hybridized carbons (Fsp3) is 0.783. The normalized spacial score (nSPS) is 15.4. The van der Waals surface area contributed by atoms with E-state index in [1.54, 1.807) is 6.08 Å². The molecule has 182 valence electrons. The molecule has 0 saturated carbocycles. The highest BCUT2D eigenvalue weighted by molar-refractivity contribution is 7.85. The molecule has 7 nitrogen and oxygen atoms in total. The fourth-order valence-corrected chi connectivity index (χ4v) is 3.81. The summed E-state index contributed by atoms with van der Waals surface area (Å²) in [6.45, 7) is 4.24. The Morgan fingerprint density at radius 3 is 2.06 bits per heavy atom. The van der Waals surface area contributed by atoms with Crippen LogP contribution in [0.5, 0.6) is 0 Å². The molecule has 0 aliphatic heterocycles. The van der Waals surface area contributed by atoms with Crippen LogP contribution in [-0.4, -0.2) is 53.1 Å². The lowest BCUT2D eigenvalue weighted by atomic mass is 10.1. The SMILES string of the molecule is CCCC/C=C\CCCCCC(O)C(=O)NC(CS(=O)(=O)O)C(O)/C=C/CCCCC. The predicted octanol–water partition coefficient (Wildman–Crippen LogP) is 3.91. The van der Waals surface area contributed by atoms with E-state index in [2.05, 4.69) is 31.3 Å². The molecule has 0 aromatic carbocycles. The Hall–Kier alpha value is -1.22. The van der Waals surface area contributed by atoms with Gasteiger partial charge in [0.15, 0.2) is 0 Å². The number of carbonyl (C=O) groups is 1. The molecule has 8 heteroatoms. The van der Waals surface area contributed by atoms with Crippen molar-refractivity contribution in [1.82, 2.24) is 5.32 Å². The Kier molecular flexibility index (Phi) is 17.6. The maximum atomic E-state index is 12.2. The number of aliphatic hydroxyl groups is 2. The number of rotatable bonds is 19. The first-order chi connectivity index (χ1) is 14.7. The molecule has 0 aromatic heterocycles. The molecule has 3 atom stereocenters. The Bertz CT molecular complexity index is 618. The largest absolute Gasteiger partial charge is 0.387 e. The van der Waals surface area contributed by atoms with E-state index in [9.17, 15) is 23.4 Å². The van der Waals surface area contributed by atoms with Crippen molar-refractivity contribution >= 4 is 16.0 Å². The summed E-state index contributed by atoms with van der Waals surface area (Å²) in [4.78, 5) is 12.2. The first kappa shape index (κ1) is 29.8. The van der Waals surface area contributed by atoms with E-state index in [-0.39, 0.29) is 6.42 Å². The minimum atomic E-state index is -4.41. The summed E-state index contributed by atoms with van der Waals surface area (Å²) in [6.07, 6.45) is 15.9. The van der Waals surface area contributed by atoms with Gasteiger partial charge in [0.1, 0.15) is 6.10 Å². The molecule has 0 heterocycles. The van der Waals surface area contributed by atoms with Crippen molar-refractivity contribution < 1.29 is 28.0 Å². The number of hydrogen-bond donors (Lipinski definition) is 4. The van der Waals surface area contributed by atoms with Crippen molar-refractivity contribution in [1.29, 1.82) is 0 Å². The number of amides is 1. The monoisotopic (exact) mass is 461 g/mol. The summed E-state index contributed by atoms with van der Waals surface area (Å²) in [5.74, 6) is -1.57. The summed E-state index contributed by atoms with van der Waals surface area (Å²) in [5.41, 5.74) is 0. The van der Waals surface area contributed by atoms with Crippen molar-refractivity contribution in [3.05, 3.63) is 24.3 Å². The summed E-state index contributed by atoms with van der Waals surface area (Å²) in [5, 5.41) is 22.7. The third kappa shape index (κ3) is 18.1. The van der Waals surface area contributed by atoms with Gasteiger partial charge in [0.2, 0.25) is 5.91 Å². The quantitative estimate of drug-likeness (QED) is 0.131. The molecule has 1 amide bonds. The van der Waals surface area contributed by atoms with Gasteiger partial charge >= 0.3 is 0 Å². The Labute approximate surface area is 188 Å². The highest BCUT2D eigenvalue weighted by Crippen LogP contribution is 2.09. The van der Waals surface area contributed by atoms with Crippen LogP contribution in [0.25, 0.3) is 0 Å². The molecule has 0 rings (SSSR count). The molecule has 3 unspecified atom stereocenters. The molecule has 0 spiro atoms. The Morgan fingerprint density at radius 1 is 0.871 bits per heavy atom. The van der Waals surface area contributed by atoms with Gasteiger partial charge in [-0.2, -0.15) is 8.42 Å². The van der Waals surface area contributed by atoms with Crippen LogP contribution in [0.3, 0.4) is 0 Å². The lowest BCUT2D eigenvalue weighted by molar-refractivity contribution is -0.130. The van der Waals surface area contributed by atoms with Gasteiger partial charge in [-0.15, -0.1) is 0 Å². The molecular formula is C23H43NO6S. The van der Waals surface area contributed by atoms with Gasteiger partial charge in [-0.05, 0) is 38.5 Å². The molecule has 0 fully saturated rings. The zero-order chi connectivity index (χ0) is 23.5. The van der Waals surface area contributed by atoms with Crippen LogP contribution in [0, 0.1) is 0 Å². The topological polar surface area (TPSA) is 124 Å². The summed E-state index contributed by atoms with van der Waals surface area (Å²) >= 11 is 0. The number of nitrogens with one attached hydrogen (secondary N) is 1. The standard InChI is InChI=1S/C23H43NO6S/c1-3-5-7-9-10-11-12-14-16-18-22(26)23(27)24-20(19-31(28,29)30)21(25)17-15-13-8-6-4-2/h9-10,15,17,20-22,25-26H,3-8,11-14,16,18-19H2,1-2H3,(H,24,27)(H,28,29,30)/b10-9-,17-15+. The molecule has 0 saturated heterocycles. The van der Waals surface area contributed by atoms with Gasteiger partial charge < -0.3 is 15.5 Å². The zero-order valence-corrected chi connectivity index (χ0v) is 20.0. The van der Waals surface area contributed by atoms with E-state index in [4.69, 9.17) is 4.55 Å². The van der Waals surface area contributed by atoms with Crippen molar-refractivity contribution in [2.75, 3.05) is 5.75 Å². The van der Waals surface area contributed by atoms with E-state index < -0.39 is 40.0 Å². The van der Waals surface area contributed by atoms with E-state index in [1.165, 1.54) is 18.9 Å². The van der Waals surface area contributed by atoms with Crippen molar-refractivity contribution in [2.45, 2.75) is 109 Å². The van der Waals surface area contributed by atoms with Crippen LogP contribution in [0.4, 0.5) is 0 Å². The van der Waals surface area contributed by atoms with Gasteiger partial charge in [-0.1, -0.05) is 76.7 Å². The second kappa shape index (κ2) is 18.4. The lowest BCUT2D eigenvalue weighted by Gasteiger charge is -2.22. The molecule has 0 aliphatic rings. The van der Waals surface area contributed by atoms with Crippen LogP contribution < -0.4 is 5.32 Å². The van der Waals surface area contributed by atoms with Gasteiger partial charge in [0, 0.05) is 0 Å². The third-order valence-electron chi connectivity index (χ3n) is 4.98. The van der Waals surface area contributed by atoms with Crippen LogP contribution >= 0.6 is 0 Å². The van der Waals surface area contributed by atoms with Crippen molar-refractivity contribution in [3.8, 4) is 0 Å². The summed E-state index contributed by atoms with van der Waals surface area (Å²) in [6, 6.07) is -1.23. The number of carbonyl (C=O) groups excluding carboxylic acids is 1. The zero-order valence-electron chi connectivity index (χ0n) is 19.2.